The van der Waals surface area contributed by atoms with Crippen LogP contribution in [0.15, 0.2) is 0 Å². The van der Waals surface area contributed by atoms with Gasteiger partial charge >= 0.3 is 0 Å². The lowest BCUT2D eigenvalue weighted by Gasteiger charge is -2.34. The molecule has 1 heterocycles. The summed E-state index contributed by atoms with van der Waals surface area (Å²) in [6.07, 6.45) is 6.25. The Morgan fingerprint density at radius 1 is 1.06 bits per heavy atom. The predicted molar refractivity (Wildman–Crippen MR) is 73.6 cm³/mol. The van der Waals surface area contributed by atoms with Gasteiger partial charge in [-0.05, 0) is 19.4 Å². The third-order valence-corrected chi connectivity index (χ3v) is 4.25. The van der Waals surface area contributed by atoms with E-state index in [2.05, 4.69) is 22.0 Å². The Kier molecular flexibility index (Phi) is 5.45. The Morgan fingerprint density at radius 3 is 2.28 bits per heavy atom. The molecule has 1 N–H and O–H groups in total. The van der Waals surface area contributed by atoms with Gasteiger partial charge in [0.15, 0.2) is 0 Å². The van der Waals surface area contributed by atoms with Gasteiger partial charge in [-0.3, -0.25) is 9.69 Å². The van der Waals surface area contributed by atoms with E-state index in [1.165, 1.54) is 32.1 Å². The van der Waals surface area contributed by atoms with Gasteiger partial charge in [0, 0.05) is 32.2 Å². The Hall–Kier alpha value is -0.610. The van der Waals surface area contributed by atoms with Crippen LogP contribution in [0.25, 0.3) is 0 Å². The van der Waals surface area contributed by atoms with E-state index in [9.17, 15) is 4.79 Å². The zero-order valence-corrected chi connectivity index (χ0v) is 11.7. The molecule has 0 aromatic rings. The summed E-state index contributed by atoms with van der Waals surface area (Å²) in [5.74, 6) is 0.229. The van der Waals surface area contributed by atoms with Crippen molar-refractivity contribution in [3.05, 3.63) is 0 Å². The van der Waals surface area contributed by atoms with Crippen LogP contribution in [-0.4, -0.2) is 61.0 Å². The Balaban J connectivity index is 1.65. The van der Waals surface area contributed by atoms with Crippen LogP contribution in [0, 0.1) is 0 Å². The molecule has 0 radical (unpaired) electrons. The highest BCUT2D eigenvalue weighted by atomic mass is 16.2. The predicted octanol–water partition coefficient (Wildman–Crippen LogP) is 1.07. The molecule has 4 nitrogen and oxygen atoms in total. The van der Waals surface area contributed by atoms with Gasteiger partial charge in [0.05, 0.1) is 6.54 Å². The average molecular weight is 253 g/mol. The first-order valence-corrected chi connectivity index (χ1v) is 7.52. The van der Waals surface area contributed by atoms with Gasteiger partial charge in [0.1, 0.15) is 0 Å². The van der Waals surface area contributed by atoms with Gasteiger partial charge in [0.25, 0.3) is 0 Å². The number of rotatable bonds is 4. The molecule has 0 spiro atoms. The third-order valence-electron chi connectivity index (χ3n) is 4.25. The van der Waals surface area contributed by atoms with Crippen LogP contribution >= 0.6 is 0 Å². The molecule has 0 aromatic heterocycles. The van der Waals surface area contributed by atoms with Crippen LogP contribution in [0.5, 0.6) is 0 Å². The molecule has 2 rings (SSSR count). The summed E-state index contributed by atoms with van der Waals surface area (Å²) < 4.78 is 0. The van der Waals surface area contributed by atoms with E-state index in [0.29, 0.717) is 12.6 Å². The molecule has 2 aliphatic rings. The quantitative estimate of drug-likeness (QED) is 0.814. The van der Waals surface area contributed by atoms with Crippen LogP contribution in [0.1, 0.15) is 39.0 Å². The minimum atomic E-state index is 0.229. The first-order valence-electron chi connectivity index (χ1n) is 7.52. The van der Waals surface area contributed by atoms with Crippen LogP contribution in [0.2, 0.25) is 0 Å². The van der Waals surface area contributed by atoms with E-state index < -0.39 is 0 Å². The molecular weight excluding hydrogens is 226 g/mol. The van der Waals surface area contributed by atoms with E-state index in [1.807, 2.05) is 0 Å². The lowest BCUT2D eigenvalue weighted by Crippen LogP contribution is -2.50. The topological polar surface area (TPSA) is 35.6 Å². The summed E-state index contributed by atoms with van der Waals surface area (Å²) in [4.78, 5) is 16.7. The monoisotopic (exact) mass is 253 g/mol. The Morgan fingerprint density at radius 2 is 1.67 bits per heavy atom. The van der Waals surface area contributed by atoms with Crippen LogP contribution in [-0.2, 0) is 4.79 Å². The number of nitrogens with zero attached hydrogens (tertiary/aromatic N) is 2. The van der Waals surface area contributed by atoms with E-state index in [1.54, 1.807) is 0 Å². The normalized spacial score (nSPS) is 24.1. The molecule has 0 bridgehead atoms. The number of carbonyl (C=O) groups is 1. The van der Waals surface area contributed by atoms with Gasteiger partial charge in [0.2, 0.25) is 5.91 Å². The molecule has 2 fully saturated rings. The molecule has 1 aliphatic heterocycles. The SMILES string of the molecule is CCN1CCN(CC(=O)NC2CCCCC2)CC1. The maximum atomic E-state index is 12.0. The minimum Gasteiger partial charge on any atom is -0.352 e. The zero-order valence-electron chi connectivity index (χ0n) is 11.7. The number of likely N-dealkylation sites (N-methyl/N-ethyl adjacent to an activating group) is 1. The standard InChI is InChI=1S/C14H27N3O/c1-2-16-8-10-17(11-9-16)12-14(18)15-13-6-4-3-5-7-13/h13H,2-12H2,1H3,(H,15,18). The van der Waals surface area contributed by atoms with Crippen molar-refractivity contribution >= 4 is 5.91 Å². The van der Waals surface area contributed by atoms with E-state index in [-0.39, 0.29) is 5.91 Å². The number of hydrogen-bond donors (Lipinski definition) is 1. The van der Waals surface area contributed by atoms with Gasteiger partial charge in [-0.1, -0.05) is 26.2 Å². The van der Waals surface area contributed by atoms with Crippen molar-refractivity contribution in [3.63, 3.8) is 0 Å². The highest BCUT2D eigenvalue weighted by Gasteiger charge is 2.20. The molecule has 4 heteroatoms. The van der Waals surface area contributed by atoms with Crippen LogP contribution in [0.4, 0.5) is 0 Å². The summed E-state index contributed by atoms with van der Waals surface area (Å²) >= 11 is 0. The summed E-state index contributed by atoms with van der Waals surface area (Å²) in [5.41, 5.74) is 0. The lowest BCUT2D eigenvalue weighted by atomic mass is 9.95. The molecular formula is C14H27N3O. The second kappa shape index (κ2) is 7.10. The molecule has 1 saturated carbocycles. The fraction of sp³-hybridized carbons (Fsp3) is 0.929. The smallest absolute Gasteiger partial charge is 0.234 e. The second-order valence-corrected chi connectivity index (χ2v) is 5.61. The minimum absolute atomic E-state index is 0.229. The molecule has 1 aliphatic carbocycles. The van der Waals surface area contributed by atoms with Crippen molar-refractivity contribution in [1.29, 1.82) is 0 Å². The van der Waals surface area contributed by atoms with Gasteiger partial charge in [-0.25, -0.2) is 0 Å². The number of piperazine rings is 1. The van der Waals surface area contributed by atoms with Crippen LogP contribution < -0.4 is 5.32 Å². The van der Waals surface area contributed by atoms with Gasteiger partial charge in [-0.15, -0.1) is 0 Å². The largest absolute Gasteiger partial charge is 0.352 e. The van der Waals surface area contributed by atoms with Crippen LogP contribution in [0.3, 0.4) is 0 Å². The van der Waals surface area contributed by atoms with Crippen molar-refractivity contribution in [2.24, 2.45) is 0 Å². The van der Waals surface area contributed by atoms with E-state index >= 15 is 0 Å². The fourth-order valence-corrected chi connectivity index (χ4v) is 2.99. The molecule has 104 valence electrons. The highest BCUT2D eigenvalue weighted by molar-refractivity contribution is 5.78. The number of nitrogens with one attached hydrogen (secondary N) is 1. The first kappa shape index (κ1) is 13.8. The zero-order chi connectivity index (χ0) is 12.8. The average Bonchev–Trinajstić information content (AvgIpc) is 2.40. The molecule has 1 saturated heterocycles. The lowest BCUT2D eigenvalue weighted by molar-refractivity contribution is -0.123. The molecule has 0 atom stereocenters. The van der Waals surface area contributed by atoms with Gasteiger partial charge < -0.3 is 10.2 Å². The summed E-state index contributed by atoms with van der Waals surface area (Å²) in [6.45, 7) is 8.19. The number of carbonyl (C=O) groups excluding carboxylic acids is 1. The summed E-state index contributed by atoms with van der Waals surface area (Å²) in [5, 5.41) is 3.20. The second-order valence-electron chi connectivity index (χ2n) is 5.61. The third kappa shape index (κ3) is 4.25. The van der Waals surface area contributed by atoms with Crippen molar-refractivity contribution in [2.75, 3.05) is 39.3 Å². The summed E-state index contributed by atoms with van der Waals surface area (Å²) in [7, 11) is 0. The van der Waals surface area contributed by atoms with Crippen molar-refractivity contribution in [3.8, 4) is 0 Å². The Bertz CT molecular complexity index is 256. The maximum Gasteiger partial charge on any atom is 0.234 e. The van der Waals surface area contributed by atoms with Gasteiger partial charge in [-0.2, -0.15) is 0 Å². The highest BCUT2D eigenvalue weighted by Crippen LogP contribution is 2.17. The first-order chi connectivity index (χ1) is 8.78. The fourth-order valence-electron chi connectivity index (χ4n) is 2.99. The number of amides is 1. The summed E-state index contributed by atoms with van der Waals surface area (Å²) in [6, 6.07) is 0.447. The maximum absolute atomic E-state index is 12.0. The van der Waals surface area contributed by atoms with Crippen molar-refractivity contribution in [2.45, 2.75) is 45.1 Å². The number of hydrogen-bond acceptors (Lipinski definition) is 3. The van der Waals surface area contributed by atoms with Crippen molar-refractivity contribution < 1.29 is 4.79 Å². The van der Waals surface area contributed by atoms with E-state index in [0.717, 1.165) is 32.7 Å². The molecule has 0 unspecified atom stereocenters. The van der Waals surface area contributed by atoms with Crippen molar-refractivity contribution in [1.82, 2.24) is 15.1 Å². The van der Waals surface area contributed by atoms with E-state index in [4.69, 9.17) is 0 Å². The Labute approximate surface area is 111 Å². The molecule has 1 amide bonds. The molecule has 0 aromatic carbocycles. The molecule has 18 heavy (non-hydrogen) atoms.